The lowest BCUT2D eigenvalue weighted by atomic mass is 9.95. The molecule has 4 heterocycles. The second kappa shape index (κ2) is 7.83. The molecule has 2 amide bonds. The second-order valence-corrected chi connectivity index (χ2v) is 11.0. The van der Waals surface area contributed by atoms with E-state index >= 15 is 0 Å². The Balaban J connectivity index is 1.28. The number of ether oxygens (including phenoxy) is 1. The number of thiophene rings is 1. The summed E-state index contributed by atoms with van der Waals surface area (Å²) >= 11 is 1.65. The van der Waals surface area contributed by atoms with Gasteiger partial charge in [0, 0.05) is 47.2 Å². The first-order valence-corrected chi connectivity index (χ1v) is 12.0. The Kier molecular flexibility index (Phi) is 5.19. The van der Waals surface area contributed by atoms with Gasteiger partial charge in [0.25, 0.3) is 5.91 Å². The van der Waals surface area contributed by atoms with Crippen LogP contribution in [0.1, 0.15) is 59.6 Å². The van der Waals surface area contributed by atoms with Gasteiger partial charge in [-0.3, -0.25) is 9.48 Å². The molecule has 33 heavy (non-hydrogen) atoms. The fourth-order valence-corrected chi connectivity index (χ4v) is 5.86. The molecule has 0 bridgehead atoms. The van der Waals surface area contributed by atoms with Gasteiger partial charge < -0.3 is 14.5 Å². The van der Waals surface area contributed by atoms with Crippen molar-refractivity contribution in [1.82, 2.24) is 14.7 Å². The van der Waals surface area contributed by atoms with Crippen molar-refractivity contribution in [2.45, 2.75) is 51.7 Å². The lowest BCUT2D eigenvalue weighted by Crippen LogP contribution is -2.41. The summed E-state index contributed by atoms with van der Waals surface area (Å²) in [6.07, 6.45) is 3.18. The summed E-state index contributed by atoms with van der Waals surface area (Å²) in [6, 6.07) is 5.19. The SMILES string of the molecule is Cn1cc2cc(N3Cc4sc(C5CCN(C(=O)OC(C)(C)C)CC5)cc4C3=O)cc(F)c2n1. The normalized spacial score (nSPS) is 17.2. The summed E-state index contributed by atoms with van der Waals surface area (Å²) in [4.78, 5) is 31.0. The number of nitrogens with zero attached hydrogens (tertiary/aromatic N) is 4. The summed E-state index contributed by atoms with van der Waals surface area (Å²) in [5.41, 5.74) is 1.06. The molecular formula is C24H27FN4O3S. The fraction of sp³-hybridized carbons (Fsp3) is 0.458. The molecule has 1 saturated heterocycles. The molecule has 7 nitrogen and oxygen atoms in total. The number of benzene rings is 1. The molecule has 1 fully saturated rings. The summed E-state index contributed by atoms with van der Waals surface area (Å²) in [7, 11) is 1.75. The van der Waals surface area contributed by atoms with E-state index in [1.165, 1.54) is 10.9 Å². The van der Waals surface area contributed by atoms with E-state index in [9.17, 15) is 14.0 Å². The van der Waals surface area contributed by atoms with Crippen LogP contribution in [-0.4, -0.2) is 45.4 Å². The van der Waals surface area contributed by atoms with E-state index in [-0.39, 0.29) is 12.0 Å². The van der Waals surface area contributed by atoms with Crippen molar-refractivity contribution in [3.05, 3.63) is 45.5 Å². The molecule has 0 unspecified atom stereocenters. The maximum Gasteiger partial charge on any atom is 0.410 e. The van der Waals surface area contributed by atoms with Gasteiger partial charge in [-0.2, -0.15) is 5.10 Å². The molecular weight excluding hydrogens is 443 g/mol. The van der Waals surface area contributed by atoms with Crippen LogP contribution in [0.2, 0.25) is 0 Å². The number of fused-ring (bicyclic) bond motifs is 2. The van der Waals surface area contributed by atoms with Crippen LogP contribution in [0.5, 0.6) is 0 Å². The van der Waals surface area contributed by atoms with Gasteiger partial charge >= 0.3 is 6.09 Å². The Hall–Kier alpha value is -2.94. The smallest absolute Gasteiger partial charge is 0.410 e. The van der Waals surface area contributed by atoms with Gasteiger partial charge in [-0.15, -0.1) is 11.3 Å². The number of carbonyl (C=O) groups excluding carboxylic acids is 2. The van der Waals surface area contributed by atoms with Gasteiger partial charge in [-0.25, -0.2) is 9.18 Å². The highest BCUT2D eigenvalue weighted by atomic mass is 32.1. The minimum Gasteiger partial charge on any atom is -0.444 e. The Morgan fingerprint density at radius 1 is 1.21 bits per heavy atom. The van der Waals surface area contributed by atoms with E-state index in [4.69, 9.17) is 4.74 Å². The van der Waals surface area contributed by atoms with Crippen LogP contribution in [-0.2, 0) is 18.3 Å². The highest BCUT2D eigenvalue weighted by Gasteiger charge is 2.34. The molecule has 0 aliphatic carbocycles. The van der Waals surface area contributed by atoms with E-state index in [1.807, 2.05) is 32.9 Å². The highest BCUT2D eigenvalue weighted by Crippen LogP contribution is 2.40. The van der Waals surface area contributed by atoms with Crippen molar-refractivity contribution < 1.29 is 18.7 Å². The summed E-state index contributed by atoms with van der Waals surface area (Å²) in [5, 5.41) is 4.81. The number of anilines is 1. The van der Waals surface area contributed by atoms with Gasteiger partial charge in [0.1, 0.15) is 11.1 Å². The first kappa shape index (κ1) is 21.9. The number of carbonyl (C=O) groups is 2. The van der Waals surface area contributed by atoms with Crippen molar-refractivity contribution in [3.8, 4) is 0 Å². The first-order valence-electron chi connectivity index (χ1n) is 11.1. The second-order valence-electron chi connectivity index (χ2n) is 9.79. The van der Waals surface area contributed by atoms with E-state index < -0.39 is 11.4 Å². The van der Waals surface area contributed by atoms with E-state index in [0.29, 0.717) is 47.7 Å². The Morgan fingerprint density at radius 2 is 1.94 bits per heavy atom. The van der Waals surface area contributed by atoms with Crippen LogP contribution in [0.25, 0.3) is 10.9 Å². The lowest BCUT2D eigenvalue weighted by Gasteiger charge is -2.33. The molecule has 1 aromatic carbocycles. The average Bonchev–Trinajstić information content (AvgIpc) is 3.40. The molecule has 0 saturated carbocycles. The molecule has 2 aromatic heterocycles. The minimum atomic E-state index is -0.501. The number of hydrogen-bond donors (Lipinski definition) is 0. The number of hydrogen-bond acceptors (Lipinski definition) is 5. The van der Waals surface area contributed by atoms with Crippen molar-refractivity contribution in [1.29, 1.82) is 0 Å². The van der Waals surface area contributed by atoms with Crippen LogP contribution >= 0.6 is 11.3 Å². The molecule has 174 valence electrons. The lowest BCUT2D eigenvalue weighted by molar-refractivity contribution is 0.0205. The maximum absolute atomic E-state index is 14.5. The molecule has 9 heteroatoms. The van der Waals surface area contributed by atoms with Crippen molar-refractivity contribution in [3.63, 3.8) is 0 Å². The van der Waals surface area contributed by atoms with E-state index in [1.54, 1.807) is 39.1 Å². The number of aryl methyl sites for hydroxylation is 1. The monoisotopic (exact) mass is 470 g/mol. The zero-order chi connectivity index (χ0) is 23.5. The predicted molar refractivity (Wildman–Crippen MR) is 125 cm³/mol. The first-order chi connectivity index (χ1) is 15.6. The Bertz CT molecular complexity index is 1250. The molecule has 2 aliphatic heterocycles. The van der Waals surface area contributed by atoms with E-state index in [2.05, 4.69) is 5.10 Å². The van der Waals surface area contributed by atoms with Gasteiger partial charge in [-0.05, 0) is 57.7 Å². The highest BCUT2D eigenvalue weighted by molar-refractivity contribution is 7.12. The number of likely N-dealkylation sites (tertiary alicyclic amines) is 1. The van der Waals surface area contributed by atoms with Crippen molar-refractivity contribution in [2.24, 2.45) is 7.05 Å². The third-order valence-electron chi connectivity index (χ3n) is 6.13. The third kappa shape index (κ3) is 4.10. The summed E-state index contributed by atoms with van der Waals surface area (Å²) < 4.78 is 21.6. The molecule has 0 N–H and O–H groups in total. The molecule has 5 rings (SSSR count). The summed E-state index contributed by atoms with van der Waals surface area (Å²) in [5.74, 6) is -0.199. The number of rotatable bonds is 2. The molecule has 2 aliphatic rings. The van der Waals surface area contributed by atoms with Crippen LogP contribution in [0.4, 0.5) is 14.9 Å². The molecule has 3 aromatic rings. The van der Waals surface area contributed by atoms with Crippen molar-refractivity contribution in [2.75, 3.05) is 18.0 Å². The number of halogens is 1. The zero-order valence-electron chi connectivity index (χ0n) is 19.2. The van der Waals surface area contributed by atoms with Gasteiger partial charge in [0.15, 0.2) is 5.82 Å². The van der Waals surface area contributed by atoms with Gasteiger partial charge in [0.05, 0.1) is 12.1 Å². The van der Waals surface area contributed by atoms with Crippen LogP contribution in [0.3, 0.4) is 0 Å². The summed E-state index contributed by atoms with van der Waals surface area (Å²) in [6.45, 7) is 7.34. The topological polar surface area (TPSA) is 67.7 Å². The Morgan fingerprint density at radius 3 is 2.61 bits per heavy atom. The average molecular weight is 471 g/mol. The number of piperidine rings is 1. The van der Waals surface area contributed by atoms with Crippen LogP contribution in [0.15, 0.2) is 24.4 Å². The fourth-order valence-electron chi connectivity index (χ4n) is 4.54. The van der Waals surface area contributed by atoms with Gasteiger partial charge in [-0.1, -0.05) is 0 Å². The van der Waals surface area contributed by atoms with Crippen molar-refractivity contribution >= 4 is 39.9 Å². The predicted octanol–water partition coefficient (Wildman–Crippen LogP) is 5.05. The maximum atomic E-state index is 14.5. The van der Waals surface area contributed by atoms with E-state index in [0.717, 1.165) is 17.7 Å². The third-order valence-corrected chi connectivity index (χ3v) is 7.41. The van der Waals surface area contributed by atoms with Crippen LogP contribution in [0, 0.1) is 5.82 Å². The molecule has 0 spiro atoms. The quantitative estimate of drug-likeness (QED) is 0.526. The molecule has 0 atom stereocenters. The van der Waals surface area contributed by atoms with Gasteiger partial charge in [0.2, 0.25) is 0 Å². The Labute approximate surface area is 195 Å². The number of aromatic nitrogens is 2. The standard InChI is InChI=1S/C24H27FN4O3S/c1-24(2,3)32-23(31)28-7-5-14(6-8-28)19-11-17-20(33-19)13-29(22(17)30)16-9-15-12-27(4)26-21(15)18(25)10-16/h9-12,14H,5-8,13H2,1-4H3. The number of amides is 2. The zero-order valence-corrected chi connectivity index (χ0v) is 20.0. The molecule has 0 radical (unpaired) electrons. The van der Waals surface area contributed by atoms with Crippen LogP contribution < -0.4 is 4.90 Å². The largest absolute Gasteiger partial charge is 0.444 e. The minimum absolute atomic E-state index is 0.0960.